The summed E-state index contributed by atoms with van der Waals surface area (Å²) < 4.78 is 53.5. The Bertz CT molecular complexity index is 945. The molecule has 174 valence electrons. The van der Waals surface area contributed by atoms with Gasteiger partial charge in [0.15, 0.2) is 17.5 Å². The lowest BCUT2D eigenvalue weighted by atomic mass is 10.1. The number of amides is 1. The van der Waals surface area contributed by atoms with Gasteiger partial charge in [-0.1, -0.05) is 0 Å². The zero-order valence-electron chi connectivity index (χ0n) is 17.0. The largest absolute Gasteiger partial charge is 0.454 e. The van der Waals surface area contributed by atoms with Crippen LogP contribution in [0.3, 0.4) is 0 Å². The van der Waals surface area contributed by atoms with E-state index in [2.05, 4.69) is 25.7 Å². The highest BCUT2D eigenvalue weighted by atomic mass is 127. The number of rotatable bonds is 8. The summed E-state index contributed by atoms with van der Waals surface area (Å²) in [6.07, 6.45) is 0. The Morgan fingerprint density at radius 2 is 1.84 bits per heavy atom. The number of ether oxygens (including phenoxy) is 3. The van der Waals surface area contributed by atoms with Crippen LogP contribution >= 0.6 is 24.0 Å². The molecule has 0 spiro atoms. The van der Waals surface area contributed by atoms with Crippen molar-refractivity contribution in [1.82, 2.24) is 10.6 Å². The molecule has 12 heteroatoms. The topological polar surface area (TPSA) is 93.2 Å². The monoisotopic (exact) mass is 566 g/mol. The summed E-state index contributed by atoms with van der Waals surface area (Å²) in [6, 6.07) is 8.20. The molecular formula is C20H22F3IN4O4. The number of fused-ring (bicyclic) bond motifs is 1. The highest BCUT2D eigenvalue weighted by Gasteiger charge is 2.20. The number of carbonyl (C=O) groups excluding carboxylic acids is 1. The molecule has 3 N–H and O–H groups in total. The van der Waals surface area contributed by atoms with Crippen LogP contribution < -0.4 is 30.2 Å². The molecule has 2 aromatic rings. The fourth-order valence-electron chi connectivity index (χ4n) is 2.70. The molecule has 1 aliphatic rings. The van der Waals surface area contributed by atoms with E-state index in [0.29, 0.717) is 29.3 Å². The number of benzene rings is 2. The minimum Gasteiger partial charge on any atom is -0.454 e. The summed E-state index contributed by atoms with van der Waals surface area (Å²) in [6.45, 7) is -0.819. The molecule has 8 nitrogen and oxygen atoms in total. The van der Waals surface area contributed by atoms with E-state index in [1.165, 1.54) is 36.4 Å². The van der Waals surface area contributed by atoms with Crippen LogP contribution in [-0.2, 0) is 11.3 Å². The predicted molar refractivity (Wildman–Crippen MR) is 122 cm³/mol. The van der Waals surface area contributed by atoms with Crippen molar-refractivity contribution in [2.45, 2.75) is 20.1 Å². The SMILES string of the molecule is CCNC(=NCc1cc2c(cc1OC(F)F)OCO2)NCC(=O)Nc1ccc(F)cc1.I. The number of anilines is 1. The second-order valence-corrected chi connectivity index (χ2v) is 6.30. The highest BCUT2D eigenvalue weighted by Crippen LogP contribution is 2.39. The Kier molecular flexibility index (Phi) is 9.68. The minimum absolute atomic E-state index is 0. The third-order valence-electron chi connectivity index (χ3n) is 4.07. The van der Waals surface area contributed by atoms with Crippen molar-refractivity contribution in [3.05, 3.63) is 47.8 Å². The Balaban J connectivity index is 0.00000363. The third kappa shape index (κ3) is 7.35. The molecule has 0 aliphatic carbocycles. The molecule has 0 saturated heterocycles. The number of carbonyl (C=O) groups is 1. The molecule has 0 saturated carbocycles. The van der Waals surface area contributed by atoms with Gasteiger partial charge in [-0.15, -0.1) is 24.0 Å². The predicted octanol–water partition coefficient (Wildman–Crippen LogP) is 3.47. The number of hydrogen-bond acceptors (Lipinski definition) is 5. The molecule has 1 amide bonds. The van der Waals surface area contributed by atoms with Crippen molar-refractivity contribution >= 4 is 41.5 Å². The average molecular weight is 566 g/mol. The van der Waals surface area contributed by atoms with Crippen LogP contribution in [0.1, 0.15) is 12.5 Å². The van der Waals surface area contributed by atoms with E-state index >= 15 is 0 Å². The molecule has 1 aliphatic heterocycles. The lowest BCUT2D eigenvalue weighted by molar-refractivity contribution is -0.115. The van der Waals surface area contributed by atoms with Crippen LogP contribution in [0.2, 0.25) is 0 Å². The van der Waals surface area contributed by atoms with Gasteiger partial charge in [0.2, 0.25) is 12.7 Å². The third-order valence-corrected chi connectivity index (χ3v) is 4.07. The lowest BCUT2D eigenvalue weighted by Gasteiger charge is -2.13. The van der Waals surface area contributed by atoms with E-state index in [1.54, 1.807) is 0 Å². The molecule has 1 heterocycles. The molecule has 0 atom stereocenters. The molecule has 3 rings (SSSR count). The van der Waals surface area contributed by atoms with Crippen LogP contribution in [0.25, 0.3) is 0 Å². The van der Waals surface area contributed by atoms with Crippen molar-refractivity contribution in [2.75, 3.05) is 25.2 Å². The van der Waals surface area contributed by atoms with Gasteiger partial charge in [-0.05, 0) is 37.3 Å². The van der Waals surface area contributed by atoms with Gasteiger partial charge in [-0.2, -0.15) is 8.78 Å². The van der Waals surface area contributed by atoms with E-state index in [1.807, 2.05) is 6.92 Å². The zero-order chi connectivity index (χ0) is 22.2. The number of hydrogen-bond donors (Lipinski definition) is 3. The summed E-state index contributed by atoms with van der Waals surface area (Å²) in [7, 11) is 0. The normalized spacial score (nSPS) is 12.2. The molecule has 0 unspecified atom stereocenters. The molecule has 0 bridgehead atoms. The Hall–Kier alpha value is -2.90. The van der Waals surface area contributed by atoms with Crippen LogP contribution in [-0.4, -0.2) is 38.4 Å². The second-order valence-electron chi connectivity index (χ2n) is 6.30. The van der Waals surface area contributed by atoms with E-state index < -0.39 is 12.4 Å². The van der Waals surface area contributed by atoms with Gasteiger partial charge in [0.1, 0.15) is 11.6 Å². The average Bonchev–Trinajstić information content (AvgIpc) is 3.18. The van der Waals surface area contributed by atoms with Crippen molar-refractivity contribution in [3.63, 3.8) is 0 Å². The first kappa shape index (κ1) is 25.4. The molecular weight excluding hydrogens is 544 g/mol. The van der Waals surface area contributed by atoms with Crippen LogP contribution in [0.5, 0.6) is 17.2 Å². The zero-order valence-corrected chi connectivity index (χ0v) is 19.3. The highest BCUT2D eigenvalue weighted by molar-refractivity contribution is 14.0. The Morgan fingerprint density at radius 1 is 1.16 bits per heavy atom. The molecule has 0 aromatic heterocycles. The van der Waals surface area contributed by atoms with Crippen molar-refractivity contribution in [3.8, 4) is 17.2 Å². The first-order chi connectivity index (χ1) is 14.9. The smallest absolute Gasteiger partial charge is 0.387 e. The number of guanidine groups is 1. The van der Waals surface area contributed by atoms with Crippen LogP contribution in [0, 0.1) is 5.82 Å². The van der Waals surface area contributed by atoms with Crippen LogP contribution in [0.15, 0.2) is 41.4 Å². The summed E-state index contributed by atoms with van der Waals surface area (Å²) in [4.78, 5) is 16.4. The standard InChI is InChI=1S/C20H21F3N4O4.HI/c1-2-24-20(26-10-18(28)27-14-5-3-13(21)4-6-14)25-9-12-7-16-17(30-11-29-16)8-15(12)31-19(22)23;/h3-8,19H,2,9-11H2,1H3,(H,27,28)(H2,24,25,26);1H. The molecule has 0 radical (unpaired) electrons. The summed E-state index contributed by atoms with van der Waals surface area (Å²) in [5.41, 5.74) is 0.807. The number of halogens is 4. The summed E-state index contributed by atoms with van der Waals surface area (Å²) >= 11 is 0. The number of nitrogens with zero attached hydrogens (tertiary/aromatic N) is 1. The maximum Gasteiger partial charge on any atom is 0.387 e. The maximum atomic E-state index is 12.9. The number of alkyl halides is 2. The van der Waals surface area contributed by atoms with Crippen LogP contribution in [0.4, 0.5) is 18.9 Å². The Morgan fingerprint density at radius 3 is 2.50 bits per heavy atom. The first-order valence-corrected chi connectivity index (χ1v) is 9.39. The van der Waals surface area contributed by atoms with Gasteiger partial charge in [-0.25, -0.2) is 9.38 Å². The quantitative estimate of drug-likeness (QED) is 0.258. The number of nitrogens with one attached hydrogen (secondary N) is 3. The van der Waals surface area contributed by atoms with Gasteiger partial charge in [0, 0.05) is 23.9 Å². The molecule has 0 fully saturated rings. The van der Waals surface area contributed by atoms with E-state index in [0.717, 1.165) is 0 Å². The van der Waals surface area contributed by atoms with E-state index in [4.69, 9.17) is 9.47 Å². The van der Waals surface area contributed by atoms with Crippen molar-refractivity contribution in [2.24, 2.45) is 4.99 Å². The summed E-state index contributed by atoms with van der Waals surface area (Å²) in [5, 5.41) is 8.41. The van der Waals surface area contributed by atoms with Gasteiger partial charge in [0.05, 0.1) is 13.1 Å². The van der Waals surface area contributed by atoms with E-state index in [-0.39, 0.29) is 61.5 Å². The summed E-state index contributed by atoms with van der Waals surface area (Å²) in [5.74, 6) is 0.151. The fourth-order valence-corrected chi connectivity index (χ4v) is 2.70. The Labute approximate surface area is 199 Å². The lowest BCUT2D eigenvalue weighted by Crippen LogP contribution is -2.41. The molecule has 2 aromatic carbocycles. The van der Waals surface area contributed by atoms with Crippen molar-refractivity contribution in [1.29, 1.82) is 0 Å². The fraction of sp³-hybridized carbons (Fsp3) is 0.300. The first-order valence-electron chi connectivity index (χ1n) is 9.39. The second kappa shape index (κ2) is 12.2. The number of aliphatic imine (C=N–C) groups is 1. The van der Waals surface area contributed by atoms with Crippen molar-refractivity contribution < 1.29 is 32.2 Å². The molecule has 32 heavy (non-hydrogen) atoms. The maximum absolute atomic E-state index is 12.9. The van der Waals surface area contributed by atoms with E-state index in [9.17, 15) is 18.0 Å². The van der Waals surface area contributed by atoms with Gasteiger partial charge in [0.25, 0.3) is 0 Å². The minimum atomic E-state index is -3.01. The van der Waals surface area contributed by atoms with Gasteiger partial charge >= 0.3 is 6.61 Å². The van der Waals surface area contributed by atoms with Gasteiger partial charge in [-0.3, -0.25) is 4.79 Å². The van der Waals surface area contributed by atoms with Gasteiger partial charge < -0.3 is 30.2 Å².